The third kappa shape index (κ3) is 2.14. The van der Waals surface area contributed by atoms with Crippen molar-refractivity contribution in [1.29, 1.82) is 0 Å². The zero-order chi connectivity index (χ0) is 14.4. The van der Waals surface area contributed by atoms with Gasteiger partial charge in [-0.15, -0.1) is 0 Å². The summed E-state index contributed by atoms with van der Waals surface area (Å²) in [6, 6.07) is 13.0. The van der Waals surface area contributed by atoms with Gasteiger partial charge in [0.05, 0.1) is 6.04 Å². The molecule has 2 aliphatic rings. The fourth-order valence-corrected chi connectivity index (χ4v) is 3.75. The Bertz CT molecular complexity index is 708. The van der Waals surface area contributed by atoms with Crippen molar-refractivity contribution >= 4 is 17.3 Å². The molecule has 1 nitrogen and oxygen atoms in total. The number of rotatable bonds is 1. The second-order valence-corrected chi connectivity index (χ2v) is 6.20. The summed E-state index contributed by atoms with van der Waals surface area (Å²) in [7, 11) is 0. The number of nitrogens with one attached hydrogen (secondary N) is 1. The first-order valence-corrected chi connectivity index (χ1v) is 7.58. The van der Waals surface area contributed by atoms with Crippen LogP contribution < -0.4 is 5.32 Å². The van der Waals surface area contributed by atoms with Crippen LogP contribution in [0.5, 0.6) is 0 Å². The summed E-state index contributed by atoms with van der Waals surface area (Å²) in [6.45, 7) is 0. The number of fused-ring (bicyclic) bond motifs is 3. The molecule has 4 rings (SSSR count). The number of benzene rings is 2. The summed E-state index contributed by atoms with van der Waals surface area (Å²) >= 11 is 6.14. The van der Waals surface area contributed by atoms with Gasteiger partial charge in [0, 0.05) is 16.6 Å². The van der Waals surface area contributed by atoms with Crippen LogP contribution in [0.25, 0.3) is 0 Å². The molecule has 0 unspecified atom stereocenters. The van der Waals surface area contributed by atoms with Crippen LogP contribution in [0, 0.1) is 11.7 Å². The maximum Gasteiger partial charge on any atom is 0.123 e. The Kier molecular flexibility index (Phi) is 3.00. The minimum atomic E-state index is -0.192. The van der Waals surface area contributed by atoms with E-state index in [4.69, 9.17) is 11.6 Å². The molecule has 0 saturated carbocycles. The maximum absolute atomic E-state index is 13.2. The van der Waals surface area contributed by atoms with Gasteiger partial charge >= 0.3 is 0 Å². The van der Waals surface area contributed by atoms with Crippen LogP contribution >= 0.6 is 11.6 Å². The molecule has 2 aromatic rings. The molecular formula is C18H15ClFN. The number of halogens is 2. The van der Waals surface area contributed by atoms with Crippen LogP contribution in [0.4, 0.5) is 10.1 Å². The largest absolute Gasteiger partial charge is 0.378 e. The highest BCUT2D eigenvalue weighted by molar-refractivity contribution is 6.30. The zero-order valence-corrected chi connectivity index (χ0v) is 12.1. The molecule has 3 heteroatoms. The first-order valence-electron chi connectivity index (χ1n) is 7.20. The molecule has 0 aromatic heterocycles. The molecule has 21 heavy (non-hydrogen) atoms. The fraction of sp³-hybridized carbons (Fsp3) is 0.222. The third-order valence-corrected chi connectivity index (χ3v) is 4.79. The lowest BCUT2D eigenvalue weighted by molar-refractivity contribution is 0.425. The van der Waals surface area contributed by atoms with Crippen molar-refractivity contribution in [3.8, 4) is 0 Å². The number of hydrogen-bond donors (Lipinski definition) is 1. The van der Waals surface area contributed by atoms with E-state index >= 15 is 0 Å². The van der Waals surface area contributed by atoms with Gasteiger partial charge in [-0.2, -0.15) is 0 Å². The van der Waals surface area contributed by atoms with Crippen molar-refractivity contribution in [3.05, 3.63) is 76.6 Å². The van der Waals surface area contributed by atoms with Crippen LogP contribution in [0.15, 0.2) is 54.6 Å². The summed E-state index contributed by atoms with van der Waals surface area (Å²) in [5, 5.41) is 4.38. The Balaban J connectivity index is 1.78. The van der Waals surface area contributed by atoms with Gasteiger partial charge in [-0.3, -0.25) is 0 Å². The Morgan fingerprint density at radius 2 is 1.90 bits per heavy atom. The van der Waals surface area contributed by atoms with E-state index in [0.717, 1.165) is 22.7 Å². The van der Waals surface area contributed by atoms with Gasteiger partial charge in [0.1, 0.15) is 5.82 Å². The predicted octanol–water partition coefficient (Wildman–Crippen LogP) is 5.31. The van der Waals surface area contributed by atoms with Crippen LogP contribution in [0.2, 0.25) is 5.02 Å². The van der Waals surface area contributed by atoms with E-state index in [-0.39, 0.29) is 11.9 Å². The van der Waals surface area contributed by atoms with E-state index in [1.165, 1.54) is 17.7 Å². The van der Waals surface area contributed by atoms with Crippen molar-refractivity contribution < 1.29 is 4.39 Å². The monoisotopic (exact) mass is 299 g/mol. The summed E-state index contributed by atoms with van der Waals surface area (Å²) in [4.78, 5) is 0. The Labute approximate surface area is 128 Å². The lowest BCUT2D eigenvalue weighted by Gasteiger charge is -2.37. The average Bonchev–Trinajstić information content (AvgIpc) is 2.97. The van der Waals surface area contributed by atoms with Gasteiger partial charge in [-0.1, -0.05) is 35.9 Å². The Morgan fingerprint density at radius 1 is 1.10 bits per heavy atom. The van der Waals surface area contributed by atoms with Gasteiger partial charge in [0.2, 0.25) is 0 Å². The molecule has 106 valence electrons. The highest BCUT2D eigenvalue weighted by atomic mass is 35.5. The van der Waals surface area contributed by atoms with Crippen molar-refractivity contribution in [2.24, 2.45) is 5.92 Å². The molecule has 0 fully saturated rings. The van der Waals surface area contributed by atoms with Gasteiger partial charge < -0.3 is 5.32 Å². The molecule has 0 amide bonds. The van der Waals surface area contributed by atoms with Gasteiger partial charge in [-0.05, 0) is 53.8 Å². The summed E-state index contributed by atoms with van der Waals surface area (Å²) in [5.74, 6) is 0.652. The highest BCUT2D eigenvalue weighted by Crippen LogP contribution is 2.50. The van der Waals surface area contributed by atoms with E-state index in [1.54, 1.807) is 0 Å². The van der Waals surface area contributed by atoms with E-state index in [1.807, 2.05) is 24.3 Å². The standard InChI is InChI=1S/C18H15ClFN/c19-12-6-9-17-16(10-12)14-2-1-3-15(14)18(21-17)11-4-7-13(20)8-5-11/h1-2,4-10,14-15,18,21H,3H2/t14-,15-,18+/m0/s1. The van der Waals surface area contributed by atoms with Gasteiger partial charge in [0.25, 0.3) is 0 Å². The first kappa shape index (κ1) is 12.9. The molecule has 1 heterocycles. The number of anilines is 1. The normalized spacial score (nSPS) is 26.1. The predicted molar refractivity (Wildman–Crippen MR) is 84.2 cm³/mol. The third-order valence-electron chi connectivity index (χ3n) is 4.55. The summed E-state index contributed by atoms with van der Waals surface area (Å²) in [5.41, 5.74) is 3.52. The molecule has 1 aliphatic carbocycles. The molecule has 0 saturated heterocycles. The first-order chi connectivity index (χ1) is 10.2. The van der Waals surface area contributed by atoms with Crippen LogP contribution in [0.1, 0.15) is 29.5 Å². The van der Waals surface area contributed by atoms with Gasteiger partial charge in [-0.25, -0.2) is 4.39 Å². The molecule has 0 radical (unpaired) electrons. The summed E-state index contributed by atoms with van der Waals surface area (Å²) < 4.78 is 13.2. The molecular weight excluding hydrogens is 285 g/mol. The second-order valence-electron chi connectivity index (χ2n) is 5.76. The lowest BCUT2D eigenvalue weighted by Crippen LogP contribution is -2.29. The van der Waals surface area contributed by atoms with E-state index < -0.39 is 0 Å². The van der Waals surface area contributed by atoms with E-state index in [9.17, 15) is 4.39 Å². The molecule has 1 aliphatic heterocycles. The van der Waals surface area contributed by atoms with E-state index in [2.05, 4.69) is 23.5 Å². The smallest absolute Gasteiger partial charge is 0.123 e. The highest BCUT2D eigenvalue weighted by Gasteiger charge is 2.37. The zero-order valence-electron chi connectivity index (χ0n) is 11.4. The maximum atomic E-state index is 13.2. The van der Waals surface area contributed by atoms with Crippen molar-refractivity contribution in [2.75, 3.05) is 5.32 Å². The quantitative estimate of drug-likeness (QED) is 0.704. The molecule has 2 aromatic carbocycles. The Hall–Kier alpha value is -1.80. The summed E-state index contributed by atoms with van der Waals surface area (Å²) in [6.07, 6.45) is 5.55. The average molecular weight is 300 g/mol. The lowest BCUT2D eigenvalue weighted by atomic mass is 9.77. The molecule has 0 spiro atoms. The molecule has 0 bridgehead atoms. The minimum Gasteiger partial charge on any atom is -0.378 e. The minimum absolute atomic E-state index is 0.192. The topological polar surface area (TPSA) is 12.0 Å². The van der Waals surface area contributed by atoms with Gasteiger partial charge in [0.15, 0.2) is 0 Å². The van der Waals surface area contributed by atoms with Crippen molar-refractivity contribution in [3.63, 3.8) is 0 Å². The molecule has 1 N–H and O–H groups in total. The second kappa shape index (κ2) is 4.88. The molecule has 3 atom stereocenters. The van der Waals surface area contributed by atoms with Crippen LogP contribution in [-0.4, -0.2) is 0 Å². The van der Waals surface area contributed by atoms with Crippen molar-refractivity contribution in [1.82, 2.24) is 0 Å². The van der Waals surface area contributed by atoms with Crippen LogP contribution in [0.3, 0.4) is 0 Å². The van der Waals surface area contributed by atoms with Crippen molar-refractivity contribution in [2.45, 2.75) is 18.4 Å². The Morgan fingerprint density at radius 3 is 2.71 bits per heavy atom. The number of allylic oxidation sites excluding steroid dienone is 2. The fourth-order valence-electron chi connectivity index (χ4n) is 3.57. The SMILES string of the molecule is Fc1ccc([C@H]2Nc3ccc(Cl)cc3[C@H]3C=CC[C@@H]32)cc1. The van der Waals surface area contributed by atoms with Crippen LogP contribution in [-0.2, 0) is 0 Å². The van der Waals surface area contributed by atoms with E-state index in [0.29, 0.717) is 11.8 Å². The number of hydrogen-bond acceptors (Lipinski definition) is 1.